The van der Waals surface area contributed by atoms with E-state index >= 15 is 0 Å². The third kappa shape index (κ3) is 1.50. The molecular weight excluding hydrogens is 126 g/mol. The lowest BCUT2D eigenvalue weighted by molar-refractivity contribution is 0.0121. The van der Waals surface area contributed by atoms with Gasteiger partial charge in [-0.05, 0) is 13.3 Å². The molecule has 3 unspecified atom stereocenters. The Morgan fingerprint density at radius 3 is 2.60 bits per heavy atom. The molecule has 2 nitrogen and oxygen atoms in total. The fourth-order valence-corrected chi connectivity index (χ4v) is 1.44. The van der Waals surface area contributed by atoms with Crippen LogP contribution in [0.5, 0.6) is 0 Å². The van der Waals surface area contributed by atoms with Gasteiger partial charge in [0.15, 0.2) is 0 Å². The van der Waals surface area contributed by atoms with E-state index in [1.165, 1.54) is 12.8 Å². The average Bonchev–Trinajstić information content (AvgIpc) is 1.97. The summed E-state index contributed by atoms with van der Waals surface area (Å²) in [6.07, 6.45) is 3.48. The minimum atomic E-state index is -0.0912. The van der Waals surface area contributed by atoms with Gasteiger partial charge < -0.3 is 10.4 Å². The zero-order valence-electron chi connectivity index (χ0n) is 6.80. The molecule has 3 atom stereocenters. The van der Waals surface area contributed by atoms with Gasteiger partial charge in [0, 0.05) is 12.1 Å². The van der Waals surface area contributed by atoms with Crippen molar-refractivity contribution in [3.8, 4) is 0 Å². The molecule has 1 fully saturated rings. The lowest BCUT2D eigenvalue weighted by Gasteiger charge is -2.41. The van der Waals surface area contributed by atoms with E-state index in [2.05, 4.69) is 12.2 Å². The van der Waals surface area contributed by atoms with Gasteiger partial charge >= 0.3 is 0 Å². The van der Waals surface area contributed by atoms with Gasteiger partial charge in [0.25, 0.3) is 0 Å². The Labute approximate surface area is 62.6 Å². The molecule has 1 heterocycles. The van der Waals surface area contributed by atoms with Crippen molar-refractivity contribution in [2.24, 2.45) is 0 Å². The SMILES string of the molecule is CCCCC1NC(C)C1O. The first-order valence-electron chi connectivity index (χ1n) is 4.19. The van der Waals surface area contributed by atoms with Gasteiger partial charge in [0.1, 0.15) is 0 Å². The minimum absolute atomic E-state index is 0.0912. The highest BCUT2D eigenvalue weighted by atomic mass is 16.3. The molecule has 0 aliphatic carbocycles. The van der Waals surface area contributed by atoms with E-state index in [4.69, 9.17) is 0 Å². The maximum atomic E-state index is 9.34. The standard InChI is InChI=1S/C8H17NO/c1-3-4-5-7-8(10)6(2)9-7/h6-10H,3-5H2,1-2H3. The molecule has 0 aromatic heterocycles. The molecule has 1 saturated heterocycles. The van der Waals surface area contributed by atoms with Crippen LogP contribution in [0, 0.1) is 0 Å². The summed E-state index contributed by atoms with van der Waals surface area (Å²) < 4.78 is 0. The van der Waals surface area contributed by atoms with Crippen LogP contribution in [0.25, 0.3) is 0 Å². The number of aliphatic hydroxyl groups excluding tert-OH is 1. The Balaban J connectivity index is 2.08. The van der Waals surface area contributed by atoms with E-state index in [9.17, 15) is 5.11 Å². The van der Waals surface area contributed by atoms with E-state index < -0.39 is 0 Å². The first-order chi connectivity index (χ1) is 4.75. The van der Waals surface area contributed by atoms with Crippen LogP contribution in [0.4, 0.5) is 0 Å². The highest BCUT2D eigenvalue weighted by molar-refractivity contribution is 4.94. The number of nitrogens with one attached hydrogen (secondary N) is 1. The molecule has 0 spiro atoms. The lowest BCUT2D eigenvalue weighted by Crippen LogP contribution is -2.63. The Morgan fingerprint density at radius 1 is 1.50 bits per heavy atom. The summed E-state index contributed by atoms with van der Waals surface area (Å²) in [6, 6.07) is 0.705. The molecule has 0 aromatic rings. The van der Waals surface area contributed by atoms with Crippen molar-refractivity contribution in [1.29, 1.82) is 0 Å². The number of hydrogen-bond donors (Lipinski definition) is 2. The molecular formula is C8H17NO. The van der Waals surface area contributed by atoms with Crippen molar-refractivity contribution in [3.05, 3.63) is 0 Å². The van der Waals surface area contributed by atoms with Gasteiger partial charge in [0.2, 0.25) is 0 Å². The normalized spacial score (nSPS) is 39.3. The van der Waals surface area contributed by atoms with E-state index in [0.29, 0.717) is 12.1 Å². The largest absolute Gasteiger partial charge is 0.390 e. The summed E-state index contributed by atoms with van der Waals surface area (Å²) in [4.78, 5) is 0. The predicted molar refractivity (Wildman–Crippen MR) is 41.9 cm³/mol. The maximum absolute atomic E-state index is 9.34. The van der Waals surface area contributed by atoms with Crippen LogP contribution in [0.15, 0.2) is 0 Å². The van der Waals surface area contributed by atoms with Crippen LogP contribution < -0.4 is 5.32 Å². The van der Waals surface area contributed by atoms with E-state index in [-0.39, 0.29) is 6.10 Å². The summed E-state index contributed by atoms with van der Waals surface area (Å²) in [6.45, 7) is 4.20. The summed E-state index contributed by atoms with van der Waals surface area (Å²) in [7, 11) is 0. The Kier molecular flexibility index (Phi) is 2.69. The van der Waals surface area contributed by atoms with E-state index in [1.807, 2.05) is 6.92 Å². The summed E-state index contributed by atoms with van der Waals surface area (Å²) in [5.74, 6) is 0. The van der Waals surface area contributed by atoms with Gasteiger partial charge in [-0.15, -0.1) is 0 Å². The zero-order chi connectivity index (χ0) is 7.56. The minimum Gasteiger partial charge on any atom is -0.390 e. The second-order valence-electron chi connectivity index (χ2n) is 3.19. The Hall–Kier alpha value is -0.0800. The second-order valence-corrected chi connectivity index (χ2v) is 3.19. The van der Waals surface area contributed by atoms with Crippen LogP contribution in [0.3, 0.4) is 0 Å². The third-order valence-corrected chi connectivity index (χ3v) is 2.27. The summed E-state index contributed by atoms with van der Waals surface area (Å²) in [5.41, 5.74) is 0. The van der Waals surface area contributed by atoms with Crippen molar-refractivity contribution in [1.82, 2.24) is 5.32 Å². The first-order valence-corrected chi connectivity index (χ1v) is 4.19. The molecule has 10 heavy (non-hydrogen) atoms. The van der Waals surface area contributed by atoms with Crippen molar-refractivity contribution in [3.63, 3.8) is 0 Å². The third-order valence-electron chi connectivity index (χ3n) is 2.27. The molecule has 2 heteroatoms. The fraction of sp³-hybridized carbons (Fsp3) is 1.00. The van der Waals surface area contributed by atoms with Crippen molar-refractivity contribution in [2.75, 3.05) is 0 Å². The summed E-state index contributed by atoms with van der Waals surface area (Å²) in [5, 5.41) is 12.6. The summed E-state index contributed by atoms with van der Waals surface area (Å²) >= 11 is 0. The van der Waals surface area contributed by atoms with Gasteiger partial charge in [-0.1, -0.05) is 19.8 Å². The van der Waals surface area contributed by atoms with Gasteiger partial charge in [-0.2, -0.15) is 0 Å². The molecule has 1 aliphatic heterocycles. The quantitative estimate of drug-likeness (QED) is 0.615. The second kappa shape index (κ2) is 3.35. The number of rotatable bonds is 3. The number of aliphatic hydroxyl groups is 1. The molecule has 0 saturated carbocycles. The molecule has 0 bridgehead atoms. The van der Waals surface area contributed by atoms with E-state index in [1.54, 1.807) is 0 Å². The van der Waals surface area contributed by atoms with Crippen LogP contribution in [0.1, 0.15) is 33.1 Å². The molecule has 1 aliphatic rings. The average molecular weight is 143 g/mol. The Bertz CT molecular complexity index is 105. The molecule has 1 rings (SSSR count). The molecule has 2 N–H and O–H groups in total. The van der Waals surface area contributed by atoms with Gasteiger partial charge in [0.05, 0.1) is 6.10 Å². The molecule has 0 radical (unpaired) electrons. The molecule has 0 aromatic carbocycles. The first kappa shape index (κ1) is 8.02. The van der Waals surface area contributed by atoms with Crippen LogP contribution >= 0.6 is 0 Å². The van der Waals surface area contributed by atoms with Crippen LogP contribution in [-0.2, 0) is 0 Å². The van der Waals surface area contributed by atoms with Crippen molar-refractivity contribution in [2.45, 2.75) is 51.3 Å². The van der Waals surface area contributed by atoms with Crippen LogP contribution in [-0.4, -0.2) is 23.3 Å². The molecule has 0 amide bonds. The maximum Gasteiger partial charge on any atom is 0.0843 e. The lowest BCUT2D eigenvalue weighted by atomic mass is 9.90. The Morgan fingerprint density at radius 2 is 2.20 bits per heavy atom. The highest BCUT2D eigenvalue weighted by Gasteiger charge is 2.34. The van der Waals surface area contributed by atoms with Gasteiger partial charge in [-0.25, -0.2) is 0 Å². The van der Waals surface area contributed by atoms with E-state index in [0.717, 1.165) is 6.42 Å². The molecule has 60 valence electrons. The van der Waals surface area contributed by atoms with Crippen molar-refractivity contribution >= 4 is 0 Å². The zero-order valence-corrected chi connectivity index (χ0v) is 6.80. The highest BCUT2D eigenvalue weighted by Crippen LogP contribution is 2.17. The topological polar surface area (TPSA) is 32.3 Å². The van der Waals surface area contributed by atoms with Gasteiger partial charge in [-0.3, -0.25) is 0 Å². The number of hydrogen-bond acceptors (Lipinski definition) is 2. The fourth-order valence-electron chi connectivity index (χ4n) is 1.44. The monoisotopic (exact) mass is 143 g/mol. The smallest absolute Gasteiger partial charge is 0.0843 e. The number of unbranched alkanes of at least 4 members (excludes halogenated alkanes) is 1. The van der Waals surface area contributed by atoms with Crippen molar-refractivity contribution < 1.29 is 5.11 Å². The van der Waals surface area contributed by atoms with Crippen LogP contribution in [0.2, 0.25) is 0 Å². The predicted octanol–water partition coefficient (Wildman–Crippen LogP) is 0.898.